The highest BCUT2D eigenvalue weighted by Crippen LogP contribution is 2.33. The Labute approximate surface area is 81.3 Å². The van der Waals surface area contributed by atoms with E-state index in [4.69, 9.17) is 10.2 Å². The van der Waals surface area contributed by atoms with Gasteiger partial charge in [-0.1, -0.05) is 11.8 Å². The minimum absolute atomic E-state index is 0.363. The molecule has 0 bridgehead atoms. The molecule has 0 saturated heterocycles. The van der Waals surface area contributed by atoms with Gasteiger partial charge in [0.1, 0.15) is 0 Å². The van der Waals surface area contributed by atoms with Crippen LogP contribution in [0, 0.1) is 6.92 Å². The molecular weight excluding hydrogens is 186 g/mol. The summed E-state index contributed by atoms with van der Waals surface area (Å²) in [6, 6.07) is 0.363. The van der Waals surface area contributed by atoms with Gasteiger partial charge >= 0.3 is 0 Å². The monoisotopic (exact) mass is 199 g/mol. The summed E-state index contributed by atoms with van der Waals surface area (Å²) in [5.74, 6) is 0.629. The zero-order chi connectivity index (χ0) is 9.26. The molecule has 72 valence electrons. The number of nitrogens with two attached hydrogens (primary N) is 1. The lowest BCUT2D eigenvalue weighted by atomic mass is 10.3. The molecule has 0 radical (unpaired) electrons. The van der Waals surface area contributed by atoms with Crippen molar-refractivity contribution < 1.29 is 4.42 Å². The summed E-state index contributed by atoms with van der Waals surface area (Å²) in [5.41, 5.74) is 5.80. The first-order valence-electron chi connectivity index (χ1n) is 4.46. The Morgan fingerprint density at radius 3 is 2.85 bits per heavy atom. The highest BCUT2D eigenvalue weighted by molar-refractivity contribution is 7.99. The number of thioether (sulfide) groups is 1. The van der Waals surface area contributed by atoms with Crippen LogP contribution in [0.15, 0.2) is 9.64 Å². The third-order valence-corrected chi connectivity index (χ3v) is 3.33. The second kappa shape index (κ2) is 3.67. The topological polar surface area (TPSA) is 64.9 Å². The van der Waals surface area contributed by atoms with Gasteiger partial charge in [-0.2, -0.15) is 0 Å². The first-order chi connectivity index (χ1) is 6.24. The maximum atomic E-state index is 5.80. The number of nitrogens with zero attached hydrogens (tertiary/aromatic N) is 2. The molecule has 5 heteroatoms. The van der Waals surface area contributed by atoms with Gasteiger partial charge in [-0.05, 0) is 19.3 Å². The van der Waals surface area contributed by atoms with E-state index in [1.165, 1.54) is 0 Å². The molecule has 1 aliphatic carbocycles. The molecule has 2 rings (SSSR count). The Hall–Kier alpha value is -0.550. The van der Waals surface area contributed by atoms with E-state index in [0.29, 0.717) is 22.4 Å². The summed E-state index contributed by atoms with van der Waals surface area (Å²) in [4.78, 5) is 0. The standard InChI is InChI=1S/C8H13N3OS/c1-5-10-11-8(12-5)13-7-3-2-6(9)4-7/h6-7H,2-4,9H2,1H3. The van der Waals surface area contributed by atoms with Crippen molar-refractivity contribution >= 4 is 11.8 Å². The van der Waals surface area contributed by atoms with Gasteiger partial charge in [0, 0.05) is 18.2 Å². The molecule has 1 saturated carbocycles. The highest BCUT2D eigenvalue weighted by atomic mass is 32.2. The third kappa shape index (κ3) is 2.22. The quantitative estimate of drug-likeness (QED) is 0.778. The number of hydrogen-bond donors (Lipinski definition) is 1. The van der Waals surface area contributed by atoms with Gasteiger partial charge in [-0.15, -0.1) is 10.2 Å². The molecule has 1 aromatic heterocycles. The molecule has 13 heavy (non-hydrogen) atoms. The van der Waals surface area contributed by atoms with Crippen LogP contribution in [-0.4, -0.2) is 21.5 Å². The van der Waals surface area contributed by atoms with Crippen LogP contribution in [0.25, 0.3) is 0 Å². The van der Waals surface area contributed by atoms with Crippen LogP contribution in [0.1, 0.15) is 25.2 Å². The van der Waals surface area contributed by atoms with Crippen LogP contribution in [0.3, 0.4) is 0 Å². The van der Waals surface area contributed by atoms with Crippen molar-refractivity contribution in [1.29, 1.82) is 0 Å². The van der Waals surface area contributed by atoms with Gasteiger partial charge in [0.25, 0.3) is 5.22 Å². The van der Waals surface area contributed by atoms with Crippen molar-refractivity contribution in [1.82, 2.24) is 10.2 Å². The fourth-order valence-corrected chi connectivity index (χ4v) is 2.69. The average Bonchev–Trinajstić information content (AvgIpc) is 2.62. The summed E-state index contributed by atoms with van der Waals surface area (Å²) < 4.78 is 5.28. The fraction of sp³-hybridized carbons (Fsp3) is 0.750. The van der Waals surface area contributed by atoms with E-state index in [2.05, 4.69) is 10.2 Å². The van der Waals surface area contributed by atoms with E-state index in [-0.39, 0.29) is 0 Å². The van der Waals surface area contributed by atoms with Crippen LogP contribution in [-0.2, 0) is 0 Å². The predicted octanol–water partition coefficient (Wildman–Crippen LogP) is 1.35. The Kier molecular flexibility index (Phi) is 2.55. The zero-order valence-corrected chi connectivity index (χ0v) is 8.38. The lowest BCUT2D eigenvalue weighted by Gasteiger charge is -2.03. The molecule has 1 heterocycles. The summed E-state index contributed by atoms with van der Waals surface area (Å²) in [7, 11) is 0. The van der Waals surface area contributed by atoms with Crippen molar-refractivity contribution in [3.63, 3.8) is 0 Å². The molecule has 2 unspecified atom stereocenters. The molecule has 0 spiro atoms. The van der Waals surface area contributed by atoms with Gasteiger partial charge in [0.15, 0.2) is 0 Å². The van der Waals surface area contributed by atoms with E-state index < -0.39 is 0 Å². The molecule has 1 aliphatic rings. The number of aromatic nitrogens is 2. The Bertz CT molecular complexity index is 289. The summed E-state index contributed by atoms with van der Waals surface area (Å²) >= 11 is 1.66. The number of rotatable bonds is 2. The van der Waals surface area contributed by atoms with E-state index in [1.54, 1.807) is 18.7 Å². The second-order valence-corrected chi connectivity index (χ2v) is 4.65. The average molecular weight is 199 g/mol. The lowest BCUT2D eigenvalue weighted by molar-refractivity contribution is 0.428. The number of hydrogen-bond acceptors (Lipinski definition) is 5. The van der Waals surface area contributed by atoms with Crippen molar-refractivity contribution in [3.8, 4) is 0 Å². The van der Waals surface area contributed by atoms with Gasteiger partial charge in [-0.25, -0.2) is 0 Å². The minimum Gasteiger partial charge on any atom is -0.416 e. The van der Waals surface area contributed by atoms with Crippen molar-refractivity contribution in [3.05, 3.63) is 5.89 Å². The molecule has 0 aromatic carbocycles. The Morgan fingerprint density at radius 2 is 2.31 bits per heavy atom. The van der Waals surface area contributed by atoms with E-state index in [9.17, 15) is 0 Å². The van der Waals surface area contributed by atoms with E-state index in [0.717, 1.165) is 19.3 Å². The predicted molar refractivity (Wildman–Crippen MR) is 50.5 cm³/mol. The molecule has 2 atom stereocenters. The first kappa shape index (κ1) is 9.02. The Morgan fingerprint density at radius 1 is 1.46 bits per heavy atom. The summed E-state index contributed by atoms with van der Waals surface area (Å²) in [6.45, 7) is 1.80. The van der Waals surface area contributed by atoms with Gasteiger partial charge in [-0.3, -0.25) is 0 Å². The van der Waals surface area contributed by atoms with Crippen LogP contribution in [0.5, 0.6) is 0 Å². The zero-order valence-electron chi connectivity index (χ0n) is 7.56. The van der Waals surface area contributed by atoms with Crippen LogP contribution in [0.2, 0.25) is 0 Å². The van der Waals surface area contributed by atoms with Gasteiger partial charge in [0.2, 0.25) is 5.89 Å². The molecular formula is C8H13N3OS. The maximum absolute atomic E-state index is 5.80. The van der Waals surface area contributed by atoms with Crippen molar-refractivity contribution in [2.45, 2.75) is 42.7 Å². The molecule has 1 aromatic rings. The minimum atomic E-state index is 0.363. The van der Waals surface area contributed by atoms with Gasteiger partial charge < -0.3 is 10.2 Å². The largest absolute Gasteiger partial charge is 0.416 e. The van der Waals surface area contributed by atoms with Crippen LogP contribution < -0.4 is 5.73 Å². The van der Waals surface area contributed by atoms with E-state index in [1.807, 2.05) is 0 Å². The van der Waals surface area contributed by atoms with Crippen molar-refractivity contribution in [2.24, 2.45) is 5.73 Å². The number of aryl methyl sites for hydroxylation is 1. The lowest BCUT2D eigenvalue weighted by Crippen LogP contribution is -2.15. The summed E-state index contributed by atoms with van der Waals surface area (Å²) in [5, 5.41) is 8.96. The SMILES string of the molecule is Cc1nnc(SC2CCC(N)C2)o1. The van der Waals surface area contributed by atoms with E-state index >= 15 is 0 Å². The molecule has 2 N–H and O–H groups in total. The molecule has 0 aliphatic heterocycles. The van der Waals surface area contributed by atoms with Crippen LogP contribution in [0.4, 0.5) is 0 Å². The Balaban J connectivity index is 1.91. The third-order valence-electron chi connectivity index (χ3n) is 2.20. The second-order valence-electron chi connectivity index (χ2n) is 3.40. The van der Waals surface area contributed by atoms with Crippen molar-refractivity contribution in [2.75, 3.05) is 0 Å². The maximum Gasteiger partial charge on any atom is 0.276 e. The molecule has 1 fully saturated rings. The summed E-state index contributed by atoms with van der Waals surface area (Å²) in [6.07, 6.45) is 3.34. The smallest absolute Gasteiger partial charge is 0.276 e. The van der Waals surface area contributed by atoms with Gasteiger partial charge in [0.05, 0.1) is 0 Å². The highest BCUT2D eigenvalue weighted by Gasteiger charge is 2.24. The fourth-order valence-electron chi connectivity index (χ4n) is 1.55. The molecule has 0 amide bonds. The normalized spacial score (nSPS) is 28.2. The first-order valence-corrected chi connectivity index (χ1v) is 5.34. The van der Waals surface area contributed by atoms with Crippen LogP contribution >= 0.6 is 11.8 Å². The molecule has 4 nitrogen and oxygen atoms in total.